The van der Waals surface area contributed by atoms with Crippen LogP contribution in [-0.2, 0) is 6.54 Å². The Morgan fingerprint density at radius 3 is 2.50 bits per heavy atom. The van der Waals surface area contributed by atoms with Gasteiger partial charge in [0.1, 0.15) is 6.54 Å². The smallest absolute Gasteiger partial charge is 0.198 e. The fourth-order valence-electron chi connectivity index (χ4n) is 4.00. The number of aromatic amines is 1. The number of hydrogen-bond donors (Lipinski definition) is 2. The topological polar surface area (TPSA) is 80.7 Å². The number of carbonyl (C=O) groups is 1. The third kappa shape index (κ3) is 3.39. The van der Waals surface area contributed by atoms with Crippen molar-refractivity contribution >= 4 is 22.6 Å². The molecule has 28 heavy (non-hydrogen) atoms. The normalized spacial score (nSPS) is 15.1. The third-order valence-electron chi connectivity index (χ3n) is 5.59. The second-order valence-electron chi connectivity index (χ2n) is 7.32. The lowest BCUT2D eigenvalue weighted by molar-refractivity contribution is -0.914. The summed E-state index contributed by atoms with van der Waals surface area (Å²) in [4.78, 5) is 31.2. The van der Waals surface area contributed by atoms with E-state index in [1.807, 2.05) is 25.1 Å². The number of hydrogen-bond acceptors (Lipinski definition) is 4. The maximum Gasteiger partial charge on any atom is 0.198 e. The second kappa shape index (κ2) is 7.48. The van der Waals surface area contributed by atoms with Gasteiger partial charge in [0, 0.05) is 22.3 Å². The minimum absolute atomic E-state index is 0.0214. The predicted octanol–water partition coefficient (Wildman–Crippen LogP) is 0.105. The van der Waals surface area contributed by atoms with Crippen molar-refractivity contribution in [2.24, 2.45) is 0 Å². The zero-order valence-electron chi connectivity index (χ0n) is 15.8. The van der Waals surface area contributed by atoms with E-state index in [1.54, 1.807) is 12.1 Å². The lowest BCUT2D eigenvalue weighted by Gasteiger charge is -2.33. The molecule has 2 aromatic carbocycles. The summed E-state index contributed by atoms with van der Waals surface area (Å²) in [5, 5.41) is 11.8. The molecule has 2 N–H and O–H groups in total. The number of nitrogens with one attached hydrogen (secondary N) is 2. The van der Waals surface area contributed by atoms with Gasteiger partial charge in [0.2, 0.25) is 0 Å². The van der Waals surface area contributed by atoms with Crippen molar-refractivity contribution in [1.29, 1.82) is 0 Å². The molecule has 0 spiro atoms. The summed E-state index contributed by atoms with van der Waals surface area (Å²) >= 11 is 0. The quantitative estimate of drug-likeness (QED) is 0.676. The Bertz CT molecular complexity index is 1070. The summed E-state index contributed by atoms with van der Waals surface area (Å²) < 4.78 is 0. The number of piperazine rings is 1. The van der Waals surface area contributed by atoms with E-state index in [2.05, 4.69) is 22.0 Å². The number of carboxylic acid groups (broad SMARTS) is 1. The summed E-state index contributed by atoms with van der Waals surface area (Å²) in [6, 6.07) is 15.1. The molecular formula is C22H23N3O3. The molecule has 0 aliphatic carbocycles. The molecule has 144 valence electrons. The second-order valence-corrected chi connectivity index (χ2v) is 7.32. The Labute approximate surface area is 163 Å². The Balaban J connectivity index is 1.56. The summed E-state index contributed by atoms with van der Waals surface area (Å²) in [7, 11) is 0. The third-order valence-corrected chi connectivity index (χ3v) is 5.59. The summed E-state index contributed by atoms with van der Waals surface area (Å²) in [6.07, 6.45) is 0. The molecule has 1 aromatic heterocycles. The van der Waals surface area contributed by atoms with E-state index in [4.69, 9.17) is 0 Å². The molecule has 0 amide bonds. The highest BCUT2D eigenvalue weighted by Crippen LogP contribution is 2.16. The Morgan fingerprint density at radius 2 is 1.82 bits per heavy atom. The Hall–Kier alpha value is -3.12. The van der Waals surface area contributed by atoms with Crippen molar-refractivity contribution in [3.8, 4) is 0 Å². The molecule has 1 saturated heterocycles. The van der Waals surface area contributed by atoms with E-state index in [0.717, 1.165) is 37.4 Å². The highest BCUT2D eigenvalue weighted by Gasteiger charge is 2.23. The minimum atomic E-state index is -1.28. The van der Waals surface area contributed by atoms with Crippen LogP contribution in [0.25, 0.3) is 10.9 Å². The molecule has 0 saturated carbocycles. The Morgan fingerprint density at radius 1 is 1.11 bits per heavy atom. The average Bonchev–Trinajstić information content (AvgIpc) is 2.72. The zero-order chi connectivity index (χ0) is 19.7. The molecule has 2 heterocycles. The van der Waals surface area contributed by atoms with Gasteiger partial charge in [-0.25, -0.2) is 0 Å². The lowest BCUT2D eigenvalue weighted by Crippen LogP contribution is -3.13. The predicted molar refractivity (Wildman–Crippen MR) is 107 cm³/mol. The van der Waals surface area contributed by atoms with Crippen LogP contribution in [0.15, 0.2) is 53.3 Å². The van der Waals surface area contributed by atoms with Crippen LogP contribution in [0.2, 0.25) is 0 Å². The van der Waals surface area contributed by atoms with Crippen molar-refractivity contribution in [3.63, 3.8) is 0 Å². The monoisotopic (exact) mass is 377 g/mol. The summed E-state index contributed by atoms with van der Waals surface area (Å²) in [5.41, 5.74) is 2.96. The number of para-hydroxylation sites is 2. The number of anilines is 1. The van der Waals surface area contributed by atoms with Crippen LogP contribution in [0.3, 0.4) is 0 Å². The number of nitrogens with zero attached hydrogens (tertiary/aromatic N) is 1. The van der Waals surface area contributed by atoms with Gasteiger partial charge in [-0.1, -0.05) is 30.3 Å². The van der Waals surface area contributed by atoms with Gasteiger partial charge in [-0.05, 0) is 25.1 Å². The van der Waals surface area contributed by atoms with Gasteiger partial charge in [0.05, 0.1) is 43.2 Å². The molecular weight excluding hydrogens is 354 g/mol. The number of aromatic nitrogens is 1. The minimum Gasteiger partial charge on any atom is -0.545 e. The van der Waals surface area contributed by atoms with Crippen LogP contribution in [-0.4, -0.2) is 37.1 Å². The van der Waals surface area contributed by atoms with Crippen LogP contribution in [0.4, 0.5) is 5.69 Å². The van der Waals surface area contributed by atoms with Crippen LogP contribution in [0.5, 0.6) is 0 Å². The number of H-pyrrole nitrogens is 1. The average molecular weight is 377 g/mol. The highest BCUT2D eigenvalue weighted by molar-refractivity contribution is 6.00. The van der Waals surface area contributed by atoms with Crippen molar-refractivity contribution < 1.29 is 14.8 Å². The number of fused-ring (bicyclic) bond motifs is 1. The molecule has 3 aromatic rings. The number of aryl methyl sites for hydroxylation is 1. The fraction of sp³-hybridized carbons (Fsp3) is 0.273. The molecule has 1 aliphatic rings. The first-order valence-corrected chi connectivity index (χ1v) is 9.54. The maximum atomic E-state index is 13.0. The van der Waals surface area contributed by atoms with E-state index in [9.17, 15) is 14.7 Å². The van der Waals surface area contributed by atoms with Crippen LogP contribution in [0, 0.1) is 6.92 Å². The molecule has 1 fully saturated rings. The molecule has 0 atom stereocenters. The van der Waals surface area contributed by atoms with Crippen molar-refractivity contribution in [2.75, 3.05) is 31.1 Å². The molecule has 0 radical (unpaired) electrons. The van der Waals surface area contributed by atoms with E-state index in [0.29, 0.717) is 17.4 Å². The first kappa shape index (κ1) is 18.3. The molecule has 1 aliphatic heterocycles. The van der Waals surface area contributed by atoms with Gasteiger partial charge in [-0.3, -0.25) is 4.79 Å². The van der Waals surface area contributed by atoms with Crippen molar-refractivity contribution in [2.45, 2.75) is 13.5 Å². The van der Waals surface area contributed by atoms with Gasteiger partial charge < -0.3 is 24.7 Å². The van der Waals surface area contributed by atoms with E-state index in [1.165, 1.54) is 16.7 Å². The van der Waals surface area contributed by atoms with E-state index >= 15 is 0 Å². The molecule has 6 nitrogen and oxygen atoms in total. The highest BCUT2D eigenvalue weighted by atomic mass is 16.4. The molecule has 0 bridgehead atoms. The number of rotatable bonds is 4. The first-order valence-electron chi connectivity index (χ1n) is 9.54. The number of carboxylic acids is 1. The van der Waals surface area contributed by atoms with Crippen LogP contribution in [0.1, 0.15) is 21.6 Å². The molecule has 6 heteroatoms. The van der Waals surface area contributed by atoms with Crippen molar-refractivity contribution in [3.05, 3.63) is 75.6 Å². The van der Waals surface area contributed by atoms with Gasteiger partial charge in [-0.15, -0.1) is 0 Å². The first-order chi connectivity index (χ1) is 13.5. The largest absolute Gasteiger partial charge is 0.545 e. The lowest BCUT2D eigenvalue weighted by atomic mass is 10.0. The van der Waals surface area contributed by atoms with E-state index in [-0.39, 0.29) is 11.0 Å². The zero-order valence-corrected chi connectivity index (χ0v) is 15.8. The Kier molecular flexibility index (Phi) is 4.88. The van der Waals surface area contributed by atoms with Gasteiger partial charge in [0.15, 0.2) is 5.43 Å². The van der Waals surface area contributed by atoms with Crippen molar-refractivity contribution in [1.82, 2.24) is 4.98 Å². The number of aromatic carboxylic acids is 1. The van der Waals surface area contributed by atoms with Gasteiger partial charge in [-0.2, -0.15) is 0 Å². The summed E-state index contributed by atoms with van der Waals surface area (Å²) in [6.45, 7) is 6.25. The van der Waals surface area contributed by atoms with Gasteiger partial charge >= 0.3 is 0 Å². The number of quaternary nitrogens is 1. The standard InChI is InChI=1S/C22H23N3O3/c1-15-19(21(26)17-8-5-9-18(22(27)28)20(17)23-15)14-24-10-12-25(13-11-24)16-6-3-2-4-7-16/h2-9H,10-14H2,1H3,(H,23,26)(H,27,28). The van der Waals surface area contributed by atoms with Crippen LogP contribution < -0.4 is 20.3 Å². The number of pyridine rings is 1. The van der Waals surface area contributed by atoms with E-state index < -0.39 is 5.97 Å². The number of benzene rings is 2. The number of carbonyl (C=O) groups excluding carboxylic acids is 1. The molecule has 0 unspecified atom stereocenters. The molecule has 4 rings (SSSR count). The SMILES string of the molecule is Cc1[nH]c2c(C(=O)[O-])cccc2c(=O)c1C[NH+]1CCN(c2ccccc2)CC1. The fourth-order valence-corrected chi connectivity index (χ4v) is 4.00. The van der Waals surface area contributed by atoms with Gasteiger partial charge in [0.25, 0.3) is 0 Å². The maximum absolute atomic E-state index is 13.0. The van der Waals surface area contributed by atoms with Crippen LogP contribution >= 0.6 is 0 Å². The summed E-state index contributed by atoms with van der Waals surface area (Å²) in [5.74, 6) is -1.28.